The summed E-state index contributed by atoms with van der Waals surface area (Å²) in [4.78, 5) is 6.13. The van der Waals surface area contributed by atoms with Gasteiger partial charge >= 0.3 is 0 Å². The summed E-state index contributed by atoms with van der Waals surface area (Å²) < 4.78 is 18.8. The van der Waals surface area contributed by atoms with Gasteiger partial charge in [0.15, 0.2) is 5.96 Å². The van der Waals surface area contributed by atoms with Crippen molar-refractivity contribution in [1.29, 1.82) is 0 Å². The number of anilines is 2. The van der Waals surface area contributed by atoms with Crippen molar-refractivity contribution in [3.05, 3.63) is 53.3 Å². The molecule has 5 nitrogen and oxygen atoms in total. The highest BCUT2D eigenvalue weighted by Gasteiger charge is 2.06. The van der Waals surface area contributed by atoms with Crippen molar-refractivity contribution < 1.29 is 9.13 Å². The van der Waals surface area contributed by atoms with Gasteiger partial charge in [0.1, 0.15) is 11.6 Å². The average Bonchev–Trinajstić information content (AvgIpc) is 2.59. The van der Waals surface area contributed by atoms with E-state index < -0.39 is 0 Å². The zero-order chi connectivity index (χ0) is 18.2. The van der Waals surface area contributed by atoms with Crippen molar-refractivity contribution in [1.82, 2.24) is 0 Å². The number of benzene rings is 2. The minimum atomic E-state index is -0.230. The van der Waals surface area contributed by atoms with Gasteiger partial charge in [-0.05, 0) is 36.8 Å². The number of para-hydroxylation sites is 1. The van der Waals surface area contributed by atoms with Crippen LogP contribution in [-0.4, -0.2) is 33.2 Å². The van der Waals surface area contributed by atoms with Crippen molar-refractivity contribution in [3.8, 4) is 5.75 Å². The number of nitrogens with zero attached hydrogens (tertiary/aromatic N) is 2. The van der Waals surface area contributed by atoms with Crippen LogP contribution in [0, 0.1) is 5.82 Å². The fourth-order valence-corrected chi connectivity index (χ4v) is 2.58. The number of hydrogen-bond donors (Lipinski definition) is 2. The predicted molar refractivity (Wildman–Crippen MR) is 102 cm³/mol. The number of guanidine groups is 1. The Morgan fingerprint density at radius 2 is 2.08 bits per heavy atom. The molecule has 0 fully saturated rings. The first-order valence-electron chi connectivity index (χ1n) is 7.87. The van der Waals surface area contributed by atoms with Gasteiger partial charge in [0.05, 0.1) is 17.8 Å². The molecule has 0 aromatic heterocycles. The van der Waals surface area contributed by atoms with Crippen molar-refractivity contribution in [2.24, 2.45) is 10.7 Å². The Balaban J connectivity index is 1.81. The third kappa shape index (κ3) is 5.53. The molecule has 0 amide bonds. The van der Waals surface area contributed by atoms with Crippen LogP contribution in [0.4, 0.5) is 15.8 Å². The van der Waals surface area contributed by atoms with Crippen molar-refractivity contribution >= 4 is 28.9 Å². The lowest BCUT2D eigenvalue weighted by molar-refractivity contribution is 0.415. The fourth-order valence-electron chi connectivity index (χ4n) is 2.32. The van der Waals surface area contributed by atoms with Gasteiger partial charge < -0.3 is 20.7 Å². The Morgan fingerprint density at radius 3 is 2.76 bits per heavy atom. The van der Waals surface area contributed by atoms with Crippen LogP contribution in [0.3, 0.4) is 0 Å². The molecule has 0 saturated heterocycles. The fraction of sp³-hybridized carbons (Fsp3) is 0.278. The molecule has 0 aliphatic heterocycles. The van der Waals surface area contributed by atoms with Gasteiger partial charge in [0.2, 0.25) is 0 Å². The molecule has 2 rings (SSSR count). The van der Waals surface area contributed by atoms with Gasteiger partial charge in [0.25, 0.3) is 0 Å². The molecular weight excluding hydrogens is 343 g/mol. The molecule has 3 N–H and O–H groups in total. The monoisotopic (exact) mass is 364 g/mol. The number of hydrogen-bond acceptors (Lipinski definition) is 3. The molecule has 0 aliphatic rings. The van der Waals surface area contributed by atoms with E-state index in [1.165, 1.54) is 6.07 Å². The lowest BCUT2D eigenvalue weighted by Gasteiger charge is -2.19. The van der Waals surface area contributed by atoms with Crippen LogP contribution in [0.25, 0.3) is 0 Å². The Morgan fingerprint density at radius 1 is 1.32 bits per heavy atom. The first-order valence-corrected chi connectivity index (χ1v) is 8.25. The quantitative estimate of drug-likeness (QED) is 0.446. The molecule has 0 spiro atoms. The van der Waals surface area contributed by atoms with Crippen molar-refractivity contribution in [2.45, 2.75) is 6.42 Å². The number of methoxy groups -OCH3 is 1. The van der Waals surface area contributed by atoms with Gasteiger partial charge in [-0.15, -0.1) is 0 Å². The molecule has 25 heavy (non-hydrogen) atoms. The Kier molecular flexibility index (Phi) is 6.89. The van der Waals surface area contributed by atoms with Crippen LogP contribution < -0.4 is 20.7 Å². The molecule has 0 aliphatic carbocycles. The summed E-state index contributed by atoms with van der Waals surface area (Å²) in [7, 11) is 3.41. The number of rotatable bonds is 7. The minimum Gasteiger partial charge on any atom is -0.495 e. The number of ether oxygens (including phenoxy) is 1. The second-order valence-corrected chi connectivity index (χ2v) is 5.88. The van der Waals surface area contributed by atoms with Crippen LogP contribution in [0.1, 0.15) is 6.42 Å². The SMILES string of the molecule is COc1ccc(NC(N)=NCCCN(C)c2ccccc2F)cc1Cl. The first-order chi connectivity index (χ1) is 12.0. The zero-order valence-electron chi connectivity index (χ0n) is 14.3. The second-order valence-electron chi connectivity index (χ2n) is 5.47. The molecule has 2 aromatic rings. The van der Waals surface area contributed by atoms with E-state index in [2.05, 4.69) is 10.3 Å². The van der Waals surface area contributed by atoms with Crippen LogP contribution in [-0.2, 0) is 0 Å². The molecule has 0 saturated carbocycles. The Hall–Kier alpha value is -2.47. The molecule has 0 heterocycles. The van der Waals surface area contributed by atoms with Gasteiger partial charge in [-0.3, -0.25) is 4.99 Å². The lowest BCUT2D eigenvalue weighted by atomic mass is 10.2. The zero-order valence-corrected chi connectivity index (χ0v) is 15.1. The summed E-state index contributed by atoms with van der Waals surface area (Å²) >= 11 is 6.06. The number of aliphatic imine (C=N–C) groups is 1. The minimum absolute atomic E-state index is 0.230. The van der Waals surface area contributed by atoms with Crippen molar-refractivity contribution in [2.75, 3.05) is 37.5 Å². The third-order valence-corrected chi connectivity index (χ3v) is 3.92. The van der Waals surface area contributed by atoms with E-state index in [0.29, 0.717) is 35.5 Å². The van der Waals surface area contributed by atoms with Gasteiger partial charge in [-0.2, -0.15) is 0 Å². The second kappa shape index (κ2) is 9.13. The number of halogens is 2. The van der Waals surface area contributed by atoms with E-state index in [1.807, 2.05) is 18.0 Å². The highest BCUT2D eigenvalue weighted by molar-refractivity contribution is 6.32. The van der Waals surface area contributed by atoms with E-state index in [-0.39, 0.29) is 5.82 Å². The van der Waals surface area contributed by atoms with Crippen LogP contribution in [0.2, 0.25) is 5.02 Å². The van der Waals surface area contributed by atoms with Gasteiger partial charge in [-0.1, -0.05) is 23.7 Å². The molecule has 2 aromatic carbocycles. The van der Waals surface area contributed by atoms with E-state index in [4.69, 9.17) is 22.1 Å². The maximum absolute atomic E-state index is 13.7. The number of nitrogens with one attached hydrogen (secondary N) is 1. The normalized spacial score (nSPS) is 11.3. The van der Waals surface area contributed by atoms with Gasteiger partial charge in [-0.25, -0.2) is 4.39 Å². The summed E-state index contributed by atoms with van der Waals surface area (Å²) in [6, 6.07) is 12.0. The van der Waals surface area contributed by atoms with E-state index in [0.717, 1.165) is 12.1 Å². The Bertz CT molecular complexity index is 739. The highest BCUT2D eigenvalue weighted by Crippen LogP contribution is 2.27. The third-order valence-electron chi connectivity index (χ3n) is 3.62. The van der Waals surface area contributed by atoms with E-state index in [1.54, 1.807) is 37.4 Å². The largest absolute Gasteiger partial charge is 0.495 e. The van der Waals surface area contributed by atoms with E-state index in [9.17, 15) is 4.39 Å². The molecule has 0 atom stereocenters. The summed E-state index contributed by atoms with van der Waals surface area (Å²) in [6.07, 6.45) is 0.747. The lowest BCUT2D eigenvalue weighted by Crippen LogP contribution is -2.24. The van der Waals surface area contributed by atoms with Crippen LogP contribution in [0.5, 0.6) is 5.75 Å². The molecule has 7 heteroatoms. The molecule has 0 radical (unpaired) electrons. The Labute approximate surface area is 152 Å². The molecule has 0 bridgehead atoms. The summed E-state index contributed by atoms with van der Waals surface area (Å²) in [5.41, 5.74) is 7.18. The maximum atomic E-state index is 13.7. The molecule has 134 valence electrons. The van der Waals surface area contributed by atoms with Crippen LogP contribution in [0.15, 0.2) is 47.5 Å². The standard InChI is InChI=1S/C18H22ClFN4O/c1-24(16-7-4-3-6-15(16)20)11-5-10-22-18(21)23-13-8-9-17(25-2)14(19)12-13/h3-4,6-9,12H,5,10-11H2,1-2H3,(H3,21,22,23). The van der Waals surface area contributed by atoms with Gasteiger partial charge in [0, 0.05) is 25.8 Å². The summed E-state index contributed by atoms with van der Waals surface area (Å²) in [5, 5.41) is 3.47. The summed E-state index contributed by atoms with van der Waals surface area (Å²) in [6.45, 7) is 1.20. The maximum Gasteiger partial charge on any atom is 0.193 e. The van der Waals surface area contributed by atoms with Crippen LogP contribution >= 0.6 is 11.6 Å². The highest BCUT2D eigenvalue weighted by atomic mass is 35.5. The van der Waals surface area contributed by atoms with E-state index >= 15 is 0 Å². The molecular formula is C18H22ClFN4O. The average molecular weight is 365 g/mol. The van der Waals surface area contributed by atoms with Crippen molar-refractivity contribution in [3.63, 3.8) is 0 Å². The smallest absolute Gasteiger partial charge is 0.193 e. The first kappa shape index (κ1) is 18.9. The predicted octanol–water partition coefficient (Wildman–Crippen LogP) is 3.74. The number of nitrogens with two attached hydrogens (primary N) is 1. The summed E-state index contributed by atoms with van der Waals surface area (Å²) in [5.74, 6) is 0.666. The molecule has 0 unspecified atom stereocenters. The topological polar surface area (TPSA) is 62.9 Å².